The number of amides is 3. The van der Waals surface area contributed by atoms with Crippen LogP contribution in [0.1, 0.15) is 59.5 Å². The zero-order valence-electron chi connectivity index (χ0n) is 28.8. The average molecular weight is 706 g/mol. The van der Waals surface area contributed by atoms with Crippen molar-refractivity contribution >= 4 is 17.9 Å². The van der Waals surface area contributed by atoms with Gasteiger partial charge in [-0.3, -0.25) is 19.4 Å². The summed E-state index contributed by atoms with van der Waals surface area (Å²) in [4.78, 5) is 42.1. The summed E-state index contributed by atoms with van der Waals surface area (Å²) in [5.41, 5.74) is 6.05. The smallest absolute Gasteiger partial charge is 0.408 e. The van der Waals surface area contributed by atoms with Gasteiger partial charge < -0.3 is 29.7 Å². The molecule has 0 spiro atoms. The molecule has 270 valence electrons. The molecule has 5 unspecified atom stereocenters. The number of β-amino-alcohol motifs (C(OH)–C–C–N with tert-alkyl or cyclic N) is 1. The fourth-order valence-electron chi connectivity index (χ4n) is 7.10. The zero-order valence-corrected chi connectivity index (χ0v) is 28.8. The van der Waals surface area contributed by atoms with Gasteiger partial charge in [-0.2, -0.15) is 0 Å². The van der Waals surface area contributed by atoms with Gasteiger partial charge in [0.15, 0.2) is 6.29 Å². The normalized spacial score (nSPS) is 23.6. The van der Waals surface area contributed by atoms with Gasteiger partial charge in [0, 0.05) is 31.6 Å². The van der Waals surface area contributed by atoms with E-state index in [-0.39, 0.29) is 50.4 Å². The summed E-state index contributed by atoms with van der Waals surface area (Å²) < 4.78 is 18.3. The number of hydrogen-bond acceptors (Lipinski definition) is 9. The highest BCUT2D eigenvalue weighted by atomic mass is 16.7. The first kappa shape index (κ1) is 35.5. The van der Waals surface area contributed by atoms with E-state index in [1.165, 1.54) is 4.90 Å². The third kappa shape index (κ3) is 8.41. The van der Waals surface area contributed by atoms with Crippen LogP contribution in [0.25, 0.3) is 11.1 Å². The van der Waals surface area contributed by atoms with E-state index in [9.17, 15) is 24.6 Å². The largest absolute Gasteiger partial charge is 0.445 e. The standard InChI is InChI=1S/C41H43N3O8/c45-25-27-10-12-30(13-11-27)37-20-34(24-43-19-18-33(46)23-43)51-40(52-37)31-16-14-29(15-17-31)35-9-5-4-8-32(35)22-44-38(47)21-36(39(44)48)42-41(49)50-26-28-6-2-1-3-7-28/h1-17,33-34,36-37,40,45-46H,18-26H2,(H,42,49). The first-order valence-electron chi connectivity index (χ1n) is 17.7. The van der Waals surface area contributed by atoms with E-state index in [0.29, 0.717) is 19.5 Å². The Labute approximate surface area is 302 Å². The van der Waals surface area contributed by atoms with E-state index >= 15 is 0 Å². The maximum absolute atomic E-state index is 13.3. The summed E-state index contributed by atoms with van der Waals surface area (Å²) >= 11 is 0. The lowest BCUT2D eigenvalue weighted by Crippen LogP contribution is -2.41. The van der Waals surface area contributed by atoms with E-state index in [0.717, 1.165) is 51.9 Å². The van der Waals surface area contributed by atoms with Crippen LogP contribution in [-0.4, -0.2) is 75.8 Å². The van der Waals surface area contributed by atoms with Crippen molar-refractivity contribution in [2.75, 3.05) is 19.6 Å². The maximum atomic E-state index is 13.3. The molecule has 0 aromatic heterocycles. The number of carbonyl (C=O) groups is 3. The van der Waals surface area contributed by atoms with Crippen LogP contribution in [0.4, 0.5) is 4.79 Å². The van der Waals surface area contributed by atoms with Gasteiger partial charge in [-0.15, -0.1) is 0 Å². The molecule has 11 nitrogen and oxygen atoms in total. The first-order valence-corrected chi connectivity index (χ1v) is 17.7. The van der Waals surface area contributed by atoms with Crippen molar-refractivity contribution in [1.29, 1.82) is 0 Å². The van der Waals surface area contributed by atoms with Gasteiger partial charge in [0.05, 0.1) is 37.9 Å². The Bertz CT molecular complexity index is 1850. The number of ether oxygens (including phenoxy) is 3. The summed E-state index contributed by atoms with van der Waals surface area (Å²) in [7, 11) is 0. The van der Waals surface area contributed by atoms with Gasteiger partial charge in [0.25, 0.3) is 5.91 Å². The van der Waals surface area contributed by atoms with Crippen molar-refractivity contribution in [3.05, 3.63) is 131 Å². The van der Waals surface area contributed by atoms with Crippen molar-refractivity contribution in [3.8, 4) is 11.1 Å². The van der Waals surface area contributed by atoms with Crippen LogP contribution in [-0.2, 0) is 43.6 Å². The van der Waals surface area contributed by atoms with Crippen LogP contribution in [0.15, 0.2) is 103 Å². The highest BCUT2D eigenvalue weighted by molar-refractivity contribution is 6.06. The minimum absolute atomic E-state index is 0.0265. The van der Waals surface area contributed by atoms with Crippen LogP contribution >= 0.6 is 0 Å². The molecule has 4 aromatic rings. The van der Waals surface area contributed by atoms with E-state index in [2.05, 4.69) is 10.2 Å². The molecule has 7 rings (SSSR count). The second-order valence-electron chi connectivity index (χ2n) is 13.6. The maximum Gasteiger partial charge on any atom is 0.408 e. The molecule has 3 N–H and O–H groups in total. The quantitative estimate of drug-likeness (QED) is 0.184. The molecule has 3 amide bonds. The number of carbonyl (C=O) groups excluding carboxylic acids is 3. The second kappa shape index (κ2) is 16.2. The molecule has 0 aliphatic carbocycles. The molecule has 5 atom stereocenters. The molecule has 0 radical (unpaired) electrons. The second-order valence-corrected chi connectivity index (χ2v) is 13.6. The number of alkyl carbamates (subject to hydrolysis) is 1. The molecule has 3 saturated heterocycles. The Kier molecular flexibility index (Phi) is 11.0. The highest BCUT2D eigenvalue weighted by Crippen LogP contribution is 2.39. The summed E-state index contributed by atoms with van der Waals surface area (Å²) in [6, 6.07) is 31.5. The van der Waals surface area contributed by atoms with Crippen molar-refractivity contribution in [2.24, 2.45) is 0 Å². The average Bonchev–Trinajstić information content (AvgIpc) is 3.70. The van der Waals surface area contributed by atoms with Crippen LogP contribution in [0.5, 0.6) is 0 Å². The number of imide groups is 1. The van der Waals surface area contributed by atoms with Crippen LogP contribution in [0.2, 0.25) is 0 Å². The van der Waals surface area contributed by atoms with Crippen LogP contribution < -0.4 is 5.32 Å². The van der Waals surface area contributed by atoms with Gasteiger partial charge in [-0.1, -0.05) is 103 Å². The Morgan fingerprint density at radius 3 is 2.33 bits per heavy atom. The number of benzene rings is 4. The summed E-state index contributed by atoms with van der Waals surface area (Å²) in [6.07, 6.45) is -0.757. The predicted octanol–water partition coefficient (Wildman–Crippen LogP) is 5.01. The van der Waals surface area contributed by atoms with Gasteiger partial charge in [-0.05, 0) is 39.8 Å². The fourth-order valence-corrected chi connectivity index (χ4v) is 7.10. The molecule has 0 saturated carbocycles. The molecule has 0 bridgehead atoms. The predicted molar refractivity (Wildman–Crippen MR) is 191 cm³/mol. The Hall–Kier alpha value is -4.91. The fraction of sp³-hybridized carbons (Fsp3) is 0.341. The van der Waals surface area contributed by atoms with Crippen LogP contribution in [0, 0.1) is 0 Å². The monoisotopic (exact) mass is 705 g/mol. The third-order valence-corrected chi connectivity index (χ3v) is 9.91. The van der Waals surface area contributed by atoms with E-state index in [4.69, 9.17) is 14.2 Å². The minimum atomic E-state index is -0.992. The van der Waals surface area contributed by atoms with E-state index in [1.807, 2.05) is 103 Å². The van der Waals surface area contributed by atoms with E-state index in [1.54, 1.807) is 0 Å². The molecule has 3 aliphatic heterocycles. The topological polar surface area (TPSA) is 138 Å². The van der Waals surface area contributed by atoms with Crippen molar-refractivity contribution < 1.29 is 38.8 Å². The molecular weight excluding hydrogens is 662 g/mol. The summed E-state index contributed by atoms with van der Waals surface area (Å²) in [5, 5.41) is 22.2. The number of likely N-dealkylation sites (tertiary alicyclic amines) is 2. The zero-order chi connectivity index (χ0) is 36.0. The lowest BCUT2D eigenvalue weighted by Gasteiger charge is -2.38. The number of nitrogens with one attached hydrogen (secondary N) is 1. The molecular formula is C41H43N3O8. The van der Waals surface area contributed by atoms with Crippen molar-refractivity contribution in [2.45, 2.75) is 69.7 Å². The first-order chi connectivity index (χ1) is 25.3. The molecule has 3 heterocycles. The number of aliphatic hydroxyl groups excluding tert-OH is 2. The Morgan fingerprint density at radius 1 is 0.865 bits per heavy atom. The van der Waals surface area contributed by atoms with Gasteiger partial charge in [0.1, 0.15) is 12.6 Å². The van der Waals surface area contributed by atoms with Gasteiger partial charge >= 0.3 is 6.09 Å². The summed E-state index contributed by atoms with van der Waals surface area (Å²) in [5.74, 6) is -0.842. The van der Waals surface area contributed by atoms with Crippen molar-refractivity contribution in [3.63, 3.8) is 0 Å². The Morgan fingerprint density at radius 2 is 1.60 bits per heavy atom. The number of rotatable bonds is 11. The minimum Gasteiger partial charge on any atom is -0.445 e. The highest BCUT2D eigenvalue weighted by Gasteiger charge is 2.40. The number of hydrogen-bond donors (Lipinski definition) is 3. The Balaban J connectivity index is 1.03. The molecule has 4 aromatic carbocycles. The molecule has 11 heteroatoms. The van der Waals surface area contributed by atoms with Gasteiger partial charge in [-0.25, -0.2) is 4.79 Å². The lowest BCUT2D eigenvalue weighted by atomic mass is 9.97. The van der Waals surface area contributed by atoms with Gasteiger partial charge in [0.2, 0.25) is 5.91 Å². The van der Waals surface area contributed by atoms with Crippen molar-refractivity contribution in [1.82, 2.24) is 15.1 Å². The molecule has 3 fully saturated rings. The summed E-state index contributed by atoms with van der Waals surface area (Å²) in [6.45, 7) is 2.23. The van der Waals surface area contributed by atoms with Crippen LogP contribution in [0.3, 0.4) is 0 Å². The SMILES string of the molecule is O=C(NC1CC(=O)N(Cc2ccccc2-c2ccc(C3OC(CN4CCC(O)C4)CC(c4ccc(CO)cc4)O3)cc2)C1=O)OCc1ccccc1. The number of aliphatic hydroxyl groups is 2. The van der Waals surface area contributed by atoms with E-state index < -0.39 is 24.3 Å². The molecule has 3 aliphatic rings. The third-order valence-electron chi connectivity index (χ3n) is 9.91. The molecule has 52 heavy (non-hydrogen) atoms. The lowest BCUT2D eigenvalue weighted by molar-refractivity contribution is -0.252. The number of nitrogens with zero attached hydrogens (tertiary/aromatic N) is 2.